The molecule has 0 rings (SSSR count). The van der Waals surface area contributed by atoms with Crippen molar-refractivity contribution in [1.82, 2.24) is 0 Å². The second kappa shape index (κ2) is 3.05. The second-order valence-electron chi connectivity index (χ2n) is 2.04. The summed E-state index contributed by atoms with van der Waals surface area (Å²) in [6.45, 7) is 2.45. The fourth-order valence-corrected chi connectivity index (χ4v) is 1.79. The first-order valence-electron chi connectivity index (χ1n) is 2.57. The Morgan fingerprint density at radius 1 is 1.18 bits per heavy atom. The summed E-state index contributed by atoms with van der Waals surface area (Å²) in [7, 11) is -9.11. The molecule has 8 heteroatoms. The van der Waals surface area contributed by atoms with E-state index in [1.807, 2.05) is 0 Å². The second-order valence-corrected chi connectivity index (χ2v) is 5.37. The van der Waals surface area contributed by atoms with Crippen LogP contribution in [0.1, 0.15) is 13.8 Å². The summed E-state index contributed by atoms with van der Waals surface area (Å²) in [6, 6.07) is 0. The predicted molar refractivity (Wildman–Crippen MR) is 36.7 cm³/mol. The first-order chi connectivity index (χ1) is 4.65. The molecule has 0 spiro atoms. The van der Waals surface area contributed by atoms with Gasteiger partial charge in [0.1, 0.15) is 0 Å². The van der Waals surface area contributed by atoms with Crippen LogP contribution in [0.2, 0.25) is 0 Å². The van der Waals surface area contributed by atoms with Gasteiger partial charge in [0.25, 0.3) is 10.1 Å². The highest BCUT2D eigenvalue weighted by molar-refractivity contribution is 7.97. The summed E-state index contributed by atoms with van der Waals surface area (Å²) in [6.07, 6.45) is 0. The van der Waals surface area contributed by atoms with E-state index in [1.165, 1.54) is 13.8 Å². The van der Waals surface area contributed by atoms with Gasteiger partial charge in [0.15, 0.2) is 0 Å². The van der Waals surface area contributed by atoms with Gasteiger partial charge in [-0.05, 0) is 13.8 Å². The molecular formula is C3H8O6S2. The standard InChI is InChI=1S/C3H8O6S2/c1-3(2)10(4,5)9-11(6,7)8/h3H,1-2H3,(H,6,7,8). The topological polar surface area (TPSA) is 97.7 Å². The van der Waals surface area contributed by atoms with Crippen LogP contribution in [0.4, 0.5) is 0 Å². The fraction of sp³-hybridized carbons (Fsp3) is 1.00. The van der Waals surface area contributed by atoms with Gasteiger partial charge in [0.05, 0.1) is 5.25 Å². The minimum absolute atomic E-state index is 1.01. The molecule has 0 aromatic rings. The van der Waals surface area contributed by atoms with Gasteiger partial charge in [-0.3, -0.25) is 4.55 Å². The van der Waals surface area contributed by atoms with Gasteiger partial charge >= 0.3 is 10.4 Å². The lowest BCUT2D eigenvalue weighted by Gasteiger charge is -2.03. The van der Waals surface area contributed by atoms with Gasteiger partial charge < -0.3 is 0 Å². The van der Waals surface area contributed by atoms with E-state index in [2.05, 4.69) is 3.63 Å². The largest absolute Gasteiger partial charge is 0.412 e. The highest BCUT2D eigenvalue weighted by Crippen LogP contribution is 2.05. The van der Waals surface area contributed by atoms with Crippen LogP contribution in [0.15, 0.2) is 0 Å². The Morgan fingerprint density at radius 3 is 1.64 bits per heavy atom. The maximum absolute atomic E-state index is 10.6. The molecule has 0 aliphatic carbocycles. The van der Waals surface area contributed by atoms with Crippen molar-refractivity contribution >= 4 is 20.5 Å². The highest BCUT2D eigenvalue weighted by Gasteiger charge is 2.23. The van der Waals surface area contributed by atoms with Crippen molar-refractivity contribution in [3.63, 3.8) is 0 Å². The molecule has 0 aliphatic rings. The van der Waals surface area contributed by atoms with Crippen LogP contribution < -0.4 is 0 Å². The van der Waals surface area contributed by atoms with Crippen LogP contribution in [0.25, 0.3) is 0 Å². The van der Waals surface area contributed by atoms with Gasteiger partial charge in [0.2, 0.25) is 0 Å². The zero-order valence-electron chi connectivity index (χ0n) is 5.88. The maximum atomic E-state index is 10.6. The van der Waals surface area contributed by atoms with Gasteiger partial charge in [-0.2, -0.15) is 16.8 Å². The van der Waals surface area contributed by atoms with Crippen molar-refractivity contribution in [2.24, 2.45) is 0 Å². The molecule has 0 heterocycles. The summed E-state index contributed by atoms with van der Waals surface area (Å²) >= 11 is 0. The van der Waals surface area contributed by atoms with Crippen LogP contribution >= 0.6 is 0 Å². The Morgan fingerprint density at radius 2 is 1.55 bits per heavy atom. The average Bonchev–Trinajstić information content (AvgIpc) is 1.56. The molecule has 0 aromatic heterocycles. The molecule has 0 bridgehead atoms. The Kier molecular flexibility index (Phi) is 3.00. The minimum atomic E-state index is -4.91. The Balaban J connectivity index is 4.68. The van der Waals surface area contributed by atoms with Crippen molar-refractivity contribution in [3.8, 4) is 0 Å². The highest BCUT2D eigenvalue weighted by atomic mass is 32.3. The van der Waals surface area contributed by atoms with E-state index in [9.17, 15) is 16.8 Å². The van der Waals surface area contributed by atoms with Crippen LogP contribution in [0, 0.1) is 0 Å². The van der Waals surface area contributed by atoms with E-state index < -0.39 is 25.8 Å². The lowest BCUT2D eigenvalue weighted by molar-refractivity contribution is 0.381. The van der Waals surface area contributed by atoms with E-state index in [-0.39, 0.29) is 0 Å². The molecular weight excluding hydrogens is 196 g/mol. The van der Waals surface area contributed by atoms with Crippen LogP contribution in [-0.2, 0) is 24.1 Å². The molecule has 0 saturated heterocycles. The minimum Gasteiger partial charge on any atom is -0.263 e. The molecule has 0 aromatic carbocycles. The van der Waals surface area contributed by atoms with Crippen LogP contribution in [-0.4, -0.2) is 26.6 Å². The molecule has 11 heavy (non-hydrogen) atoms. The van der Waals surface area contributed by atoms with Gasteiger partial charge in [0, 0.05) is 0 Å². The van der Waals surface area contributed by atoms with E-state index in [4.69, 9.17) is 4.55 Å². The average molecular weight is 204 g/mol. The maximum Gasteiger partial charge on any atom is 0.412 e. The normalized spacial score (nSPS) is 13.8. The van der Waals surface area contributed by atoms with Gasteiger partial charge in [-0.1, -0.05) is 0 Å². The van der Waals surface area contributed by atoms with E-state index in [0.717, 1.165) is 0 Å². The molecule has 0 amide bonds. The molecule has 0 saturated carbocycles. The number of hydrogen-bond donors (Lipinski definition) is 1. The smallest absolute Gasteiger partial charge is 0.263 e. The number of hydrogen-bond acceptors (Lipinski definition) is 5. The quantitative estimate of drug-likeness (QED) is 0.625. The Bertz CT molecular complexity index is 308. The number of rotatable bonds is 3. The predicted octanol–water partition coefficient (Wildman–Crippen LogP) is -0.456. The Labute approximate surface area is 65.3 Å². The van der Waals surface area contributed by atoms with Gasteiger partial charge in [-0.25, -0.2) is 0 Å². The first-order valence-corrected chi connectivity index (χ1v) is 5.41. The van der Waals surface area contributed by atoms with Crippen molar-refractivity contribution in [2.75, 3.05) is 0 Å². The lowest BCUT2D eigenvalue weighted by Crippen LogP contribution is -2.20. The third kappa shape index (κ3) is 4.30. The van der Waals surface area contributed by atoms with Crippen molar-refractivity contribution < 1.29 is 25.0 Å². The summed E-state index contributed by atoms with van der Waals surface area (Å²) in [4.78, 5) is 0. The Hall–Kier alpha value is -0.180. The molecule has 0 fully saturated rings. The van der Waals surface area contributed by atoms with Crippen LogP contribution in [0.3, 0.4) is 0 Å². The summed E-state index contributed by atoms with van der Waals surface area (Å²) in [5.41, 5.74) is 0. The lowest BCUT2D eigenvalue weighted by atomic mass is 10.6. The summed E-state index contributed by atoms with van der Waals surface area (Å²) in [5, 5.41) is -1.01. The molecule has 0 unspecified atom stereocenters. The van der Waals surface area contributed by atoms with E-state index in [0.29, 0.717) is 0 Å². The zero-order valence-corrected chi connectivity index (χ0v) is 7.52. The fourth-order valence-electron chi connectivity index (χ4n) is 0.198. The van der Waals surface area contributed by atoms with E-state index >= 15 is 0 Å². The zero-order chi connectivity index (χ0) is 9.28. The molecule has 6 nitrogen and oxygen atoms in total. The van der Waals surface area contributed by atoms with Crippen LogP contribution in [0.5, 0.6) is 0 Å². The molecule has 0 atom stereocenters. The molecule has 1 N–H and O–H groups in total. The summed E-state index contributed by atoms with van der Waals surface area (Å²) < 4.78 is 52.3. The monoisotopic (exact) mass is 204 g/mol. The third-order valence-corrected chi connectivity index (χ3v) is 3.36. The third-order valence-electron chi connectivity index (χ3n) is 0.758. The summed E-state index contributed by atoms with van der Waals surface area (Å²) in [5.74, 6) is 0. The first kappa shape index (κ1) is 10.8. The SMILES string of the molecule is CC(C)S(=O)(=O)OS(=O)(=O)O. The van der Waals surface area contributed by atoms with E-state index in [1.54, 1.807) is 0 Å². The van der Waals surface area contributed by atoms with Gasteiger partial charge in [-0.15, -0.1) is 3.63 Å². The molecule has 68 valence electrons. The molecule has 0 aliphatic heterocycles. The van der Waals surface area contributed by atoms with Crippen molar-refractivity contribution in [1.29, 1.82) is 0 Å². The molecule has 0 radical (unpaired) electrons. The van der Waals surface area contributed by atoms with Crippen molar-refractivity contribution in [3.05, 3.63) is 0 Å². The van der Waals surface area contributed by atoms with Crippen molar-refractivity contribution in [2.45, 2.75) is 19.1 Å².